The van der Waals surface area contributed by atoms with Gasteiger partial charge in [-0.05, 0) is 24.3 Å². The number of furan rings is 1. The van der Waals surface area contributed by atoms with Crippen LogP contribution in [-0.4, -0.2) is 15.2 Å². The lowest BCUT2D eigenvalue weighted by atomic mass is 10.3. The maximum atomic E-state index is 5.63. The van der Waals surface area contributed by atoms with E-state index in [9.17, 15) is 0 Å². The second-order valence-corrected chi connectivity index (χ2v) is 5.14. The van der Waals surface area contributed by atoms with Crippen molar-refractivity contribution in [2.45, 2.75) is 11.0 Å². The Morgan fingerprint density at radius 1 is 1.00 bits per heavy atom. The van der Waals surface area contributed by atoms with Crippen LogP contribution < -0.4 is 0 Å². The van der Waals surface area contributed by atoms with Crippen molar-refractivity contribution in [2.24, 2.45) is 0 Å². The molecule has 0 saturated carbocycles. The molecule has 4 aromatic rings. The lowest BCUT2D eigenvalue weighted by Gasteiger charge is -1.90. The van der Waals surface area contributed by atoms with Gasteiger partial charge in [0.25, 0.3) is 11.1 Å². The summed E-state index contributed by atoms with van der Waals surface area (Å²) in [6, 6.07) is 11.2. The zero-order valence-electron chi connectivity index (χ0n) is 10.7. The van der Waals surface area contributed by atoms with Gasteiger partial charge in [-0.3, -0.25) is 0 Å². The minimum Gasteiger partial charge on any atom is -0.459 e. The maximum absolute atomic E-state index is 5.63. The van der Waals surface area contributed by atoms with Crippen LogP contribution in [0.4, 0.5) is 0 Å². The molecule has 0 aliphatic heterocycles. The quantitative estimate of drug-likeness (QED) is 0.531. The second-order valence-electron chi connectivity index (χ2n) is 4.21. The molecule has 21 heavy (non-hydrogen) atoms. The van der Waals surface area contributed by atoms with E-state index in [1.165, 1.54) is 11.8 Å². The monoisotopic (exact) mass is 299 g/mol. The van der Waals surface area contributed by atoms with Crippen LogP contribution in [0.2, 0.25) is 0 Å². The topological polar surface area (TPSA) is 78.1 Å². The summed E-state index contributed by atoms with van der Waals surface area (Å²) in [5, 5.41) is 8.34. The highest BCUT2D eigenvalue weighted by molar-refractivity contribution is 7.98. The largest absolute Gasteiger partial charge is 0.459 e. The third-order valence-corrected chi connectivity index (χ3v) is 3.60. The number of thioether (sulfide) groups is 1. The van der Waals surface area contributed by atoms with E-state index in [-0.39, 0.29) is 0 Å². The summed E-state index contributed by atoms with van der Waals surface area (Å²) in [6.45, 7) is 0. The van der Waals surface area contributed by atoms with Crippen molar-refractivity contribution >= 4 is 22.9 Å². The van der Waals surface area contributed by atoms with Crippen molar-refractivity contribution in [1.82, 2.24) is 15.2 Å². The van der Waals surface area contributed by atoms with Crippen molar-refractivity contribution in [2.75, 3.05) is 0 Å². The molecular weight excluding hydrogens is 290 g/mol. The first kappa shape index (κ1) is 12.2. The van der Waals surface area contributed by atoms with Crippen LogP contribution in [0.15, 0.2) is 61.1 Å². The zero-order chi connectivity index (χ0) is 14.1. The number of oxazole rings is 1. The van der Waals surface area contributed by atoms with Crippen molar-refractivity contribution in [3.05, 3.63) is 48.6 Å². The molecule has 7 heteroatoms. The molecule has 0 unspecified atom stereocenters. The van der Waals surface area contributed by atoms with Gasteiger partial charge < -0.3 is 13.3 Å². The van der Waals surface area contributed by atoms with Gasteiger partial charge >= 0.3 is 0 Å². The van der Waals surface area contributed by atoms with E-state index >= 15 is 0 Å². The number of aromatic nitrogens is 3. The highest BCUT2D eigenvalue weighted by Crippen LogP contribution is 2.26. The smallest absolute Gasteiger partial charge is 0.284 e. The van der Waals surface area contributed by atoms with Crippen LogP contribution in [0.1, 0.15) is 5.89 Å². The molecule has 0 radical (unpaired) electrons. The van der Waals surface area contributed by atoms with Crippen LogP contribution in [0.5, 0.6) is 0 Å². The molecule has 3 heterocycles. The number of hydrogen-bond acceptors (Lipinski definition) is 7. The lowest BCUT2D eigenvalue weighted by molar-refractivity contribution is 0.446. The summed E-state index contributed by atoms with van der Waals surface area (Å²) in [7, 11) is 0. The number of rotatable bonds is 4. The van der Waals surface area contributed by atoms with Crippen LogP contribution in [0, 0.1) is 0 Å². The van der Waals surface area contributed by atoms with Gasteiger partial charge in [0.05, 0.1) is 12.0 Å². The molecule has 0 aliphatic carbocycles. The molecule has 104 valence electrons. The van der Waals surface area contributed by atoms with E-state index in [4.69, 9.17) is 13.3 Å². The summed E-state index contributed by atoms with van der Waals surface area (Å²) < 4.78 is 16.3. The first-order valence-electron chi connectivity index (χ1n) is 6.23. The van der Waals surface area contributed by atoms with Crippen molar-refractivity contribution in [3.63, 3.8) is 0 Å². The Labute approximate surface area is 123 Å². The molecule has 4 rings (SSSR count). The number of para-hydroxylation sites is 2. The predicted molar refractivity (Wildman–Crippen MR) is 75.6 cm³/mol. The highest BCUT2D eigenvalue weighted by atomic mass is 32.2. The average molecular weight is 299 g/mol. The number of fused-ring (bicyclic) bond motifs is 1. The SMILES string of the molecule is c1coc(-c2nnc(SCc3nc4ccccc4o3)o2)c1. The Morgan fingerprint density at radius 3 is 2.81 bits per heavy atom. The van der Waals surface area contributed by atoms with Gasteiger partial charge in [0.2, 0.25) is 5.89 Å². The molecule has 6 nitrogen and oxygen atoms in total. The first-order valence-corrected chi connectivity index (χ1v) is 7.22. The van der Waals surface area contributed by atoms with E-state index in [0.29, 0.717) is 28.5 Å². The summed E-state index contributed by atoms with van der Waals surface area (Å²) in [6.07, 6.45) is 1.56. The molecule has 0 atom stereocenters. The van der Waals surface area contributed by atoms with E-state index in [1.54, 1.807) is 18.4 Å². The standard InChI is InChI=1S/C14H9N3O3S/c1-2-5-10-9(4-1)15-12(19-10)8-21-14-17-16-13(20-14)11-6-3-7-18-11/h1-7H,8H2. The van der Waals surface area contributed by atoms with Gasteiger partial charge in [-0.25, -0.2) is 4.98 Å². The van der Waals surface area contributed by atoms with Crippen LogP contribution in [-0.2, 0) is 5.75 Å². The molecule has 0 fully saturated rings. The normalized spacial score (nSPS) is 11.2. The van der Waals surface area contributed by atoms with Crippen LogP contribution >= 0.6 is 11.8 Å². The molecule has 0 aliphatic rings. The molecular formula is C14H9N3O3S. The molecule has 1 aromatic carbocycles. The predicted octanol–water partition coefficient (Wildman–Crippen LogP) is 3.76. The van der Waals surface area contributed by atoms with E-state index < -0.39 is 0 Å². The van der Waals surface area contributed by atoms with Gasteiger partial charge in [-0.1, -0.05) is 23.9 Å². The third-order valence-electron chi connectivity index (χ3n) is 2.80. The first-order chi connectivity index (χ1) is 10.4. The Morgan fingerprint density at radius 2 is 1.95 bits per heavy atom. The molecule has 3 aromatic heterocycles. The minimum atomic E-state index is 0.361. The highest BCUT2D eigenvalue weighted by Gasteiger charge is 2.13. The van der Waals surface area contributed by atoms with E-state index in [2.05, 4.69) is 15.2 Å². The summed E-state index contributed by atoms with van der Waals surface area (Å²) in [4.78, 5) is 4.39. The van der Waals surface area contributed by atoms with Crippen LogP contribution in [0.25, 0.3) is 22.8 Å². The van der Waals surface area contributed by atoms with Crippen molar-refractivity contribution in [1.29, 1.82) is 0 Å². The second kappa shape index (κ2) is 5.10. The van der Waals surface area contributed by atoms with E-state index in [1.807, 2.05) is 24.3 Å². The Balaban J connectivity index is 1.49. The Kier molecular flexibility index (Phi) is 2.97. The lowest BCUT2D eigenvalue weighted by Crippen LogP contribution is -1.79. The number of nitrogens with zero attached hydrogens (tertiary/aromatic N) is 3. The van der Waals surface area contributed by atoms with E-state index in [0.717, 1.165) is 11.1 Å². The molecule has 0 bridgehead atoms. The Bertz CT molecular complexity index is 834. The van der Waals surface area contributed by atoms with Gasteiger partial charge in [-0.2, -0.15) is 0 Å². The van der Waals surface area contributed by atoms with Gasteiger partial charge in [-0.15, -0.1) is 10.2 Å². The van der Waals surface area contributed by atoms with Gasteiger partial charge in [0.1, 0.15) is 5.52 Å². The summed E-state index contributed by atoms with van der Waals surface area (Å²) in [5.74, 6) is 2.06. The zero-order valence-corrected chi connectivity index (χ0v) is 11.5. The van der Waals surface area contributed by atoms with Gasteiger partial charge in [0, 0.05) is 0 Å². The van der Waals surface area contributed by atoms with Crippen LogP contribution in [0.3, 0.4) is 0 Å². The summed E-state index contributed by atoms with van der Waals surface area (Å²) in [5.41, 5.74) is 1.62. The Hall–Kier alpha value is -2.54. The van der Waals surface area contributed by atoms with Crippen molar-refractivity contribution in [3.8, 4) is 11.7 Å². The molecule has 0 amide bonds. The summed E-state index contributed by atoms with van der Waals surface area (Å²) >= 11 is 1.37. The molecule has 0 saturated heterocycles. The third kappa shape index (κ3) is 2.43. The fourth-order valence-electron chi connectivity index (χ4n) is 1.87. The van der Waals surface area contributed by atoms with Gasteiger partial charge in [0.15, 0.2) is 11.3 Å². The number of hydrogen-bond donors (Lipinski definition) is 0. The fourth-order valence-corrected chi connectivity index (χ4v) is 2.48. The van der Waals surface area contributed by atoms with Crippen molar-refractivity contribution < 1.29 is 13.3 Å². The maximum Gasteiger partial charge on any atom is 0.284 e. The average Bonchev–Trinajstić information content (AvgIpc) is 3.23. The molecule has 0 N–H and O–H groups in total. The number of benzene rings is 1. The molecule has 0 spiro atoms. The minimum absolute atomic E-state index is 0.361. The fraction of sp³-hybridized carbons (Fsp3) is 0.0714.